The van der Waals surface area contributed by atoms with Crippen molar-refractivity contribution < 1.29 is 14.6 Å². The molecule has 1 fully saturated rings. The Hall–Kier alpha value is -0.260. The molecular formula is C10H19NO3S. The lowest BCUT2D eigenvalue weighted by molar-refractivity contribution is -0.311. The molecule has 1 rings (SSSR count). The Kier molecular flexibility index (Phi) is 5.42. The van der Waals surface area contributed by atoms with Gasteiger partial charge in [-0.1, -0.05) is 13.8 Å². The third-order valence-electron chi connectivity index (χ3n) is 1.99. The molecule has 1 aliphatic heterocycles. The summed E-state index contributed by atoms with van der Waals surface area (Å²) in [5.41, 5.74) is -0.0624. The SMILES string of the molecule is CC(=O)NC1CCSC1OOCC(C)C. The topological polar surface area (TPSA) is 47.6 Å². The molecule has 1 heterocycles. The Labute approximate surface area is 95.0 Å². The van der Waals surface area contributed by atoms with Crippen LogP contribution < -0.4 is 5.32 Å². The van der Waals surface area contributed by atoms with E-state index in [4.69, 9.17) is 9.78 Å². The zero-order valence-electron chi connectivity index (χ0n) is 9.49. The van der Waals surface area contributed by atoms with Gasteiger partial charge in [0.05, 0.1) is 12.6 Å². The van der Waals surface area contributed by atoms with Gasteiger partial charge in [-0.3, -0.25) is 4.79 Å². The van der Waals surface area contributed by atoms with Gasteiger partial charge < -0.3 is 5.32 Å². The van der Waals surface area contributed by atoms with Gasteiger partial charge in [-0.25, -0.2) is 9.78 Å². The highest BCUT2D eigenvalue weighted by Gasteiger charge is 2.30. The number of hydrogen-bond acceptors (Lipinski definition) is 4. The van der Waals surface area contributed by atoms with Crippen LogP contribution in [-0.4, -0.2) is 29.7 Å². The summed E-state index contributed by atoms with van der Waals surface area (Å²) < 4.78 is 0. The van der Waals surface area contributed by atoms with Gasteiger partial charge in [0.2, 0.25) is 5.91 Å². The van der Waals surface area contributed by atoms with E-state index < -0.39 is 0 Å². The molecule has 0 radical (unpaired) electrons. The lowest BCUT2D eigenvalue weighted by Gasteiger charge is -2.19. The Morgan fingerprint density at radius 3 is 2.93 bits per heavy atom. The number of rotatable bonds is 5. The van der Waals surface area contributed by atoms with Crippen LogP contribution in [0.5, 0.6) is 0 Å². The average Bonchev–Trinajstić information content (AvgIpc) is 2.51. The third kappa shape index (κ3) is 4.86. The van der Waals surface area contributed by atoms with Crippen LogP contribution in [0.2, 0.25) is 0 Å². The number of carbonyl (C=O) groups is 1. The zero-order chi connectivity index (χ0) is 11.3. The second-order valence-electron chi connectivity index (χ2n) is 4.11. The minimum absolute atomic E-state index is 0.0139. The first-order chi connectivity index (χ1) is 7.09. The van der Waals surface area contributed by atoms with Crippen molar-refractivity contribution in [1.82, 2.24) is 5.32 Å². The molecule has 1 saturated heterocycles. The van der Waals surface area contributed by atoms with Gasteiger partial charge in [0.15, 0.2) is 5.44 Å². The normalized spacial score (nSPS) is 25.9. The summed E-state index contributed by atoms with van der Waals surface area (Å²) in [5.74, 6) is 1.44. The predicted octanol–water partition coefficient (Wildman–Crippen LogP) is 1.56. The molecule has 0 aliphatic carbocycles. The second-order valence-corrected chi connectivity index (χ2v) is 5.32. The summed E-state index contributed by atoms with van der Waals surface area (Å²) in [6, 6.07) is 0.0830. The van der Waals surface area contributed by atoms with E-state index in [0.29, 0.717) is 12.5 Å². The first kappa shape index (κ1) is 12.8. The first-order valence-electron chi connectivity index (χ1n) is 5.26. The summed E-state index contributed by atoms with van der Waals surface area (Å²) in [5, 5.41) is 2.87. The van der Waals surface area contributed by atoms with Crippen LogP contribution in [0.4, 0.5) is 0 Å². The molecule has 1 N–H and O–H groups in total. The zero-order valence-corrected chi connectivity index (χ0v) is 10.3. The largest absolute Gasteiger partial charge is 0.350 e. The van der Waals surface area contributed by atoms with E-state index in [1.165, 1.54) is 6.92 Å². The van der Waals surface area contributed by atoms with Gasteiger partial charge in [-0.15, -0.1) is 11.8 Å². The van der Waals surface area contributed by atoms with Crippen LogP contribution in [0.3, 0.4) is 0 Å². The van der Waals surface area contributed by atoms with Crippen molar-refractivity contribution in [3.63, 3.8) is 0 Å². The number of amides is 1. The van der Waals surface area contributed by atoms with Crippen molar-refractivity contribution in [3.05, 3.63) is 0 Å². The predicted molar refractivity (Wildman–Crippen MR) is 60.3 cm³/mol. The molecule has 2 unspecified atom stereocenters. The Bertz CT molecular complexity index is 211. The molecule has 0 aromatic carbocycles. The Morgan fingerprint density at radius 1 is 1.60 bits per heavy atom. The molecule has 2 atom stereocenters. The highest BCUT2D eigenvalue weighted by atomic mass is 32.2. The van der Waals surface area contributed by atoms with Gasteiger partial charge in [-0.2, -0.15) is 0 Å². The maximum Gasteiger partial charge on any atom is 0.217 e. The third-order valence-corrected chi connectivity index (χ3v) is 3.20. The number of hydrogen-bond donors (Lipinski definition) is 1. The molecular weight excluding hydrogens is 214 g/mol. The van der Waals surface area contributed by atoms with Gasteiger partial charge in [0.25, 0.3) is 0 Å². The smallest absolute Gasteiger partial charge is 0.217 e. The van der Waals surface area contributed by atoms with E-state index in [1.807, 2.05) is 0 Å². The molecule has 0 aromatic rings. The Balaban J connectivity index is 2.24. The van der Waals surface area contributed by atoms with Gasteiger partial charge in [0, 0.05) is 6.92 Å². The summed E-state index contributed by atoms with van der Waals surface area (Å²) in [7, 11) is 0. The second kappa shape index (κ2) is 6.35. The average molecular weight is 233 g/mol. The van der Waals surface area contributed by atoms with Crippen LogP contribution in [0.15, 0.2) is 0 Å². The van der Waals surface area contributed by atoms with E-state index >= 15 is 0 Å². The van der Waals surface area contributed by atoms with Crippen molar-refractivity contribution >= 4 is 17.7 Å². The Morgan fingerprint density at radius 2 is 2.33 bits per heavy atom. The standard InChI is InChI=1S/C10H19NO3S/c1-7(2)6-13-14-10-9(4-5-15-10)11-8(3)12/h7,9-10H,4-6H2,1-3H3,(H,11,12). The molecule has 1 amide bonds. The highest BCUT2D eigenvalue weighted by molar-refractivity contribution is 8.00. The van der Waals surface area contributed by atoms with Gasteiger partial charge >= 0.3 is 0 Å². The summed E-state index contributed by atoms with van der Waals surface area (Å²) in [6.07, 6.45) is 0.944. The highest BCUT2D eigenvalue weighted by Crippen LogP contribution is 2.28. The van der Waals surface area contributed by atoms with E-state index in [2.05, 4.69) is 19.2 Å². The lowest BCUT2D eigenvalue weighted by Crippen LogP contribution is -2.39. The van der Waals surface area contributed by atoms with Crippen LogP contribution >= 0.6 is 11.8 Å². The first-order valence-corrected chi connectivity index (χ1v) is 6.31. The molecule has 0 bridgehead atoms. The van der Waals surface area contributed by atoms with Crippen LogP contribution in [0.1, 0.15) is 27.2 Å². The molecule has 88 valence electrons. The van der Waals surface area contributed by atoms with Gasteiger partial charge in [0.1, 0.15) is 0 Å². The molecule has 0 saturated carbocycles. The molecule has 5 heteroatoms. The fourth-order valence-electron chi connectivity index (χ4n) is 1.30. The summed E-state index contributed by atoms with van der Waals surface area (Å²) >= 11 is 1.68. The van der Waals surface area contributed by atoms with Crippen LogP contribution in [0, 0.1) is 5.92 Å². The molecule has 0 spiro atoms. The van der Waals surface area contributed by atoms with E-state index in [0.717, 1.165) is 12.2 Å². The number of nitrogens with one attached hydrogen (secondary N) is 1. The number of thioether (sulfide) groups is 1. The maximum atomic E-state index is 10.9. The molecule has 15 heavy (non-hydrogen) atoms. The number of carbonyl (C=O) groups excluding carboxylic acids is 1. The van der Waals surface area contributed by atoms with E-state index in [-0.39, 0.29) is 17.4 Å². The van der Waals surface area contributed by atoms with E-state index in [9.17, 15) is 4.79 Å². The minimum atomic E-state index is -0.0624. The minimum Gasteiger partial charge on any atom is -0.350 e. The van der Waals surface area contributed by atoms with Crippen LogP contribution in [0.25, 0.3) is 0 Å². The van der Waals surface area contributed by atoms with Gasteiger partial charge in [-0.05, 0) is 18.1 Å². The summed E-state index contributed by atoms with van der Waals surface area (Å²) in [4.78, 5) is 21.3. The fourth-order valence-corrected chi connectivity index (χ4v) is 2.47. The van der Waals surface area contributed by atoms with E-state index in [1.54, 1.807) is 11.8 Å². The van der Waals surface area contributed by atoms with Crippen molar-refractivity contribution in [3.8, 4) is 0 Å². The lowest BCUT2D eigenvalue weighted by atomic mass is 10.2. The van der Waals surface area contributed by atoms with Crippen molar-refractivity contribution in [2.45, 2.75) is 38.7 Å². The van der Waals surface area contributed by atoms with Crippen LogP contribution in [-0.2, 0) is 14.6 Å². The molecule has 4 nitrogen and oxygen atoms in total. The fraction of sp³-hybridized carbons (Fsp3) is 0.900. The molecule has 1 aliphatic rings. The summed E-state index contributed by atoms with van der Waals surface area (Å²) in [6.45, 7) is 6.24. The quantitative estimate of drug-likeness (QED) is 0.578. The molecule has 0 aromatic heterocycles. The van der Waals surface area contributed by atoms with Crippen molar-refractivity contribution in [2.24, 2.45) is 5.92 Å². The maximum absolute atomic E-state index is 10.9. The van der Waals surface area contributed by atoms with Crippen molar-refractivity contribution in [2.75, 3.05) is 12.4 Å². The monoisotopic (exact) mass is 233 g/mol. The van der Waals surface area contributed by atoms with Crippen molar-refractivity contribution in [1.29, 1.82) is 0 Å².